The predicted octanol–water partition coefficient (Wildman–Crippen LogP) is 4.35. The molecule has 0 aliphatic rings. The molecule has 1 amide bonds. The number of hydrogen-bond donors (Lipinski definition) is 1. The molecule has 0 radical (unpaired) electrons. The lowest BCUT2D eigenvalue weighted by Gasteiger charge is -2.31. The first-order valence-corrected chi connectivity index (χ1v) is 12.2. The highest BCUT2D eigenvalue weighted by Crippen LogP contribution is 2.35. The Labute approximate surface area is 171 Å². The van der Waals surface area contributed by atoms with E-state index >= 15 is 0 Å². The molecule has 4 nitrogen and oxygen atoms in total. The minimum atomic E-state index is -4.43. The molecule has 0 aromatic heterocycles. The fourth-order valence-corrected chi connectivity index (χ4v) is 3.06. The van der Waals surface area contributed by atoms with Gasteiger partial charge in [-0.25, -0.2) is 4.79 Å². The fourth-order valence-electron chi connectivity index (χ4n) is 2.14. The highest BCUT2D eigenvalue weighted by atomic mass is 28.3. The maximum absolute atomic E-state index is 12.6. The smallest absolute Gasteiger partial charge is 0.416 e. The van der Waals surface area contributed by atoms with Crippen LogP contribution in [0, 0.1) is 11.5 Å². The van der Waals surface area contributed by atoms with Crippen LogP contribution in [0.2, 0.25) is 18.1 Å². The van der Waals surface area contributed by atoms with Gasteiger partial charge in [0.25, 0.3) is 0 Å². The fraction of sp³-hybridized carbons (Fsp3) is 0.524. The summed E-state index contributed by atoms with van der Waals surface area (Å²) in [6.45, 7) is 10.6. The zero-order valence-corrected chi connectivity index (χ0v) is 18.7. The number of benzene rings is 1. The molecule has 0 saturated heterocycles. The van der Waals surface area contributed by atoms with Crippen molar-refractivity contribution in [2.24, 2.45) is 0 Å². The average Bonchev–Trinajstić information content (AvgIpc) is 2.58. The number of ether oxygens (including phenoxy) is 1. The second kappa shape index (κ2) is 9.48. The lowest BCUT2D eigenvalue weighted by atomic mass is 10.1. The van der Waals surface area contributed by atoms with Crippen LogP contribution in [-0.4, -0.2) is 33.1 Å². The first-order chi connectivity index (χ1) is 13.2. The van der Waals surface area contributed by atoms with Crippen LogP contribution in [0.3, 0.4) is 0 Å². The van der Waals surface area contributed by atoms with Crippen molar-refractivity contribution in [3.05, 3.63) is 35.4 Å². The van der Waals surface area contributed by atoms with E-state index in [1.807, 2.05) is 0 Å². The number of carbonyl (C=O) groups is 2. The van der Waals surface area contributed by atoms with Crippen molar-refractivity contribution in [3.8, 4) is 11.5 Å². The Morgan fingerprint density at radius 1 is 1.14 bits per heavy atom. The van der Waals surface area contributed by atoms with Crippen LogP contribution in [0.25, 0.3) is 0 Å². The van der Waals surface area contributed by atoms with Crippen molar-refractivity contribution in [3.63, 3.8) is 0 Å². The Kier molecular flexibility index (Phi) is 8.10. The number of amides is 1. The summed E-state index contributed by atoms with van der Waals surface area (Å²) in [4.78, 5) is 24.3. The minimum Gasteiger partial charge on any atom is -0.467 e. The van der Waals surface area contributed by atoms with Gasteiger partial charge in [0.05, 0.1) is 19.1 Å². The molecule has 0 spiro atoms. The monoisotopic (exact) mass is 427 g/mol. The predicted molar refractivity (Wildman–Crippen MR) is 109 cm³/mol. The Bertz CT molecular complexity index is 785. The molecule has 0 aliphatic heterocycles. The molecule has 160 valence electrons. The summed E-state index contributed by atoms with van der Waals surface area (Å²) in [6.07, 6.45) is -4.47. The van der Waals surface area contributed by atoms with Crippen molar-refractivity contribution in [1.82, 2.24) is 5.32 Å². The molecular formula is C21H28F3NO3Si. The Morgan fingerprint density at radius 2 is 1.69 bits per heavy atom. The normalized spacial score (nSPS) is 13.1. The third-order valence-electron chi connectivity index (χ3n) is 5.05. The van der Waals surface area contributed by atoms with E-state index in [-0.39, 0.29) is 17.9 Å². The molecule has 29 heavy (non-hydrogen) atoms. The van der Waals surface area contributed by atoms with Crippen molar-refractivity contribution >= 4 is 20.0 Å². The standard InChI is InChI=1S/C21H28F3NO3Si/c1-20(2,3)29(5,6)13-7-8-17(19(27)28-4)25-18(26)14-15-9-11-16(12-10-15)21(22,23)24/h9-12,17H,8,14H2,1-6H3,(H,25,26)/t17-/m1/s1. The number of alkyl halides is 3. The molecule has 0 unspecified atom stereocenters. The topological polar surface area (TPSA) is 55.4 Å². The van der Waals surface area contributed by atoms with E-state index in [2.05, 4.69) is 50.6 Å². The Balaban J connectivity index is 2.81. The van der Waals surface area contributed by atoms with Gasteiger partial charge in [0, 0.05) is 6.42 Å². The van der Waals surface area contributed by atoms with Crippen LogP contribution < -0.4 is 5.32 Å². The summed E-state index contributed by atoms with van der Waals surface area (Å²) < 4.78 is 42.6. The maximum Gasteiger partial charge on any atom is 0.416 e. The van der Waals surface area contributed by atoms with E-state index in [0.29, 0.717) is 5.56 Å². The lowest BCUT2D eigenvalue weighted by Crippen LogP contribution is -2.42. The average molecular weight is 428 g/mol. The third-order valence-corrected chi connectivity index (χ3v) is 9.60. The number of methoxy groups -OCH3 is 1. The molecule has 0 fully saturated rings. The maximum atomic E-state index is 12.6. The number of nitrogens with one attached hydrogen (secondary N) is 1. The van der Waals surface area contributed by atoms with E-state index in [9.17, 15) is 22.8 Å². The van der Waals surface area contributed by atoms with Crippen molar-refractivity contribution < 1.29 is 27.5 Å². The zero-order valence-electron chi connectivity index (χ0n) is 17.7. The van der Waals surface area contributed by atoms with E-state index < -0.39 is 37.7 Å². The Morgan fingerprint density at radius 3 is 2.14 bits per heavy atom. The lowest BCUT2D eigenvalue weighted by molar-refractivity contribution is -0.144. The van der Waals surface area contributed by atoms with Gasteiger partial charge in [-0.3, -0.25) is 4.79 Å². The molecule has 1 aromatic rings. The van der Waals surface area contributed by atoms with E-state index in [1.165, 1.54) is 19.2 Å². The Hall–Kier alpha value is -2.27. The zero-order chi connectivity index (χ0) is 22.5. The molecule has 0 heterocycles. The number of halogens is 3. The van der Waals surface area contributed by atoms with Crippen LogP contribution in [0.5, 0.6) is 0 Å². The molecule has 0 saturated carbocycles. The van der Waals surface area contributed by atoms with Crippen LogP contribution in [-0.2, 0) is 26.9 Å². The van der Waals surface area contributed by atoms with Crippen molar-refractivity contribution in [1.29, 1.82) is 0 Å². The van der Waals surface area contributed by atoms with Gasteiger partial charge < -0.3 is 10.1 Å². The highest BCUT2D eigenvalue weighted by Gasteiger charge is 2.34. The summed E-state index contributed by atoms with van der Waals surface area (Å²) in [6, 6.07) is 3.40. The van der Waals surface area contributed by atoms with Gasteiger partial charge >= 0.3 is 12.1 Å². The molecule has 1 N–H and O–H groups in total. The molecule has 8 heteroatoms. The summed E-state index contributed by atoms with van der Waals surface area (Å²) in [5.41, 5.74) is 2.90. The molecule has 0 aliphatic carbocycles. The van der Waals surface area contributed by atoms with Crippen LogP contribution in [0.1, 0.15) is 38.3 Å². The molecule has 1 rings (SSSR count). The third kappa shape index (κ3) is 7.57. The number of esters is 1. The highest BCUT2D eigenvalue weighted by molar-refractivity contribution is 6.87. The first kappa shape index (κ1) is 24.8. The van der Waals surface area contributed by atoms with E-state index in [0.717, 1.165) is 12.1 Å². The van der Waals surface area contributed by atoms with Gasteiger partial charge in [0.2, 0.25) is 5.91 Å². The summed E-state index contributed by atoms with van der Waals surface area (Å²) in [5, 5.41) is 2.63. The van der Waals surface area contributed by atoms with Crippen molar-refractivity contribution in [2.45, 2.75) is 64.0 Å². The largest absolute Gasteiger partial charge is 0.467 e. The summed E-state index contributed by atoms with van der Waals surface area (Å²) in [7, 11) is -0.635. The van der Waals surface area contributed by atoms with Gasteiger partial charge in [-0.2, -0.15) is 13.2 Å². The molecule has 1 atom stereocenters. The van der Waals surface area contributed by atoms with Gasteiger partial charge in [0.15, 0.2) is 0 Å². The summed E-state index contributed by atoms with van der Waals surface area (Å²) in [5.74, 6) is 1.91. The van der Waals surface area contributed by atoms with Gasteiger partial charge in [0.1, 0.15) is 14.1 Å². The van der Waals surface area contributed by atoms with Crippen LogP contribution in [0.4, 0.5) is 13.2 Å². The van der Waals surface area contributed by atoms with Crippen molar-refractivity contribution in [2.75, 3.05) is 7.11 Å². The van der Waals surface area contributed by atoms with E-state index in [4.69, 9.17) is 4.74 Å². The minimum absolute atomic E-state index is 0.0621. The quantitative estimate of drug-likeness (QED) is 0.432. The molecule has 1 aromatic carbocycles. The van der Waals surface area contributed by atoms with Gasteiger partial charge in [-0.1, -0.05) is 46.0 Å². The SMILES string of the molecule is COC(=O)[C@@H](CC#C[Si](C)(C)C(C)(C)C)NC(=O)Cc1ccc(C(F)(F)F)cc1. The number of carbonyl (C=O) groups excluding carboxylic acids is 2. The number of hydrogen-bond acceptors (Lipinski definition) is 3. The van der Waals surface area contributed by atoms with Crippen LogP contribution >= 0.6 is 0 Å². The second-order valence-corrected chi connectivity index (χ2v) is 13.4. The van der Waals surface area contributed by atoms with Gasteiger partial charge in [-0.15, -0.1) is 11.5 Å². The second-order valence-electron chi connectivity index (χ2n) is 8.40. The number of rotatable bonds is 5. The van der Waals surface area contributed by atoms with Gasteiger partial charge in [-0.05, 0) is 22.7 Å². The van der Waals surface area contributed by atoms with E-state index in [1.54, 1.807) is 0 Å². The van der Waals surface area contributed by atoms with Crippen LogP contribution in [0.15, 0.2) is 24.3 Å². The summed E-state index contributed by atoms with van der Waals surface area (Å²) >= 11 is 0. The molecule has 0 bridgehead atoms. The first-order valence-electron chi connectivity index (χ1n) is 9.21. The molecular weight excluding hydrogens is 399 g/mol.